The molecule has 0 aliphatic carbocycles. The third kappa shape index (κ3) is 3.00. The molecule has 1 atom stereocenters. The van der Waals surface area contributed by atoms with E-state index >= 15 is 0 Å². The van der Waals surface area contributed by atoms with Gasteiger partial charge in [-0.1, -0.05) is 0 Å². The Balaban J connectivity index is 2.50. The lowest BCUT2D eigenvalue weighted by Crippen LogP contribution is -2.17. The highest BCUT2D eigenvalue weighted by molar-refractivity contribution is 6.16. The average Bonchev–Trinajstić information content (AvgIpc) is 2.73. The number of hydrogen-bond acceptors (Lipinski definition) is 2. The van der Waals surface area contributed by atoms with E-state index in [0.717, 1.165) is 0 Å². The standard InChI is InChI=1S/C13H14ClF3N2O/c1-8(6-13(15,16)17)19-11-4-3-9(20-2)5-10(11)18-12(19)7-14/h3-5,8H,6-7H2,1-2H3. The van der Waals surface area contributed by atoms with E-state index in [4.69, 9.17) is 16.3 Å². The van der Waals surface area contributed by atoms with Crippen molar-refractivity contribution in [1.82, 2.24) is 9.55 Å². The number of ether oxygens (including phenoxy) is 1. The number of fused-ring (bicyclic) bond motifs is 1. The van der Waals surface area contributed by atoms with Crippen molar-refractivity contribution in [2.45, 2.75) is 31.4 Å². The number of rotatable bonds is 4. The van der Waals surface area contributed by atoms with E-state index in [1.165, 1.54) is 18.6 Å². The molecule has 0 N–H and O–H groups in total. The van der Waals surface area contributed by atoms with Crippen molar-refractivity contribution in [2.75, 3.05) is 7.11 Å². The number of aromatic nitrogens is 2. The molecule has 0 fully saturated rings. The zero-order valence-electron chi connectivity index (χ0n) is 11.0. The maximum Gasteiger partial charge on any atom is 0.391 e. The molecule has 0 bridgehead atoms. The van der Waals surface area contributed by atoms with Crippen LogP contribution in [-0.4, -0.2) is 22.8 Å². The predicted octanol–water partition coefficient (Wildman–Crippen LogP) is 4.30. The fraction of sp³-hybridized carbons (Fsp3) is 0.462. The molecule has 0 amide bonds. The fourth-order valence-electron chi connectivity index (χ4n) is 2.27. The first-order valence-corrected chi connectivity index (χ1v) is 6.56. The highest BCUT2D eigenvalue weighted by atomic mass is 35.5. The normalized spacial score (nSPS) is 13.7. The molecular weight excluding hydrogens is 293 g/mol. The van der Waals surface area contributed by atoms with Crippen molar-refractivity contribution < 1.29 is 17.9 Å². The van der Waals surface area contributed by atoms with Crippen LogP contribution in [0.1, 0.15) is 25.2 Å². The maximum absolute atomic E-state index is 12.6. The number of benzene rings is 1. The van der Waals surface area contributed by atoms with E-state index in [0.29, 0.717) is 22.6 Å². The van der Waals surface area contributed by atoms with Gasteiger partial charge in [-0.2, -0.15) is 13.2 Å². The zero-order valence-corrected chi connectivity index (χ0v) is 11.8. The second-order valence-corrected chi connectivity index (χ2v) is 4.82. The Kier molecular flexibility index (Phi) is 4.13. The minimum atomic E-state index is -4.23. The lowest BCUT2D eigenvalue weighted by Gasteiger charge is -2.18. The highest BCUT2D eigenvalue weighted by Crippen LogP contribution is 2.32. The van der Waals surface area contributed by atoms with Crippen molar-refractivity contribution >= 4 is 22.6 Å². The van der Waals surface area contributed by atoms with Crippen LogP contribution >= 0.6 is 11.6 Å². The highest BCUT2D eigenvalue weighted by Gasteiger charge is 2.32. The van der Waals surface area contributed by atoms with E-state index in [1.54, 1.807) is 18.2 Å². The number of halogens is 4. The largest absolute Gasteiger partial charge is 0.497 e. The van der Waals surface area contributed by atoms with Gasteiger partial charge >= 0.3 is 6.18 Å². The van der Waals surface area contributed by atoms with Crippen molar-refractivity contribution in [2.24, 2.45) is 0 Å². The third-order valence-corrected chi connectivity index (χ3v) is 3.30. The van der Waals surface area contributed by atoms with E-state index in [1.807, 2.05) is 0 Å². The van der Waals surface area contributed by atoms with Gasteiger partial charge in [-0.05, 0) is 19.1 Å². The molecule has 0 radical (unpaired) electrons. The second-order valence-electron chi connectivity index (χ2n) is 4.55. The summed E-state index contributed by atoms with van der Waals surface area (Å²) in [6.45, 7) is 1.51. The van der Waals surface area contributed by atoms with Crippen LogP contribution in [0.5, 0.6) is 5.75 Å². The summed E-state index contributed by atoms with van der Waals surface area (Å²) in [5.41, 5.74) is 1.20. The molecule has 0 aliphatic rings. The minimum Gasteiger partial charge on any atom is -0.497 e. The molecule has 7 heteroatoms. The Morgan fingerprint density at radius 3 is 2.65 bits per heavy atom. The van der Waals surface area contributed by atoms with Crippen LogP contribution in [0.25, 0.3) is 11.0 Å². The number of imidazole rings is 1. The van der Waals surface area contributed by atoms with Crippen LogP contribution in [0.4, 0.5) is 13.2 Å². The molecule has 0 saturated carbocycles. The molecule has 0 saturated heterocycles. The second kappa shape index (κ2) is 5.52. The first kappa shape index (κ1) is 15.0. The molecule has 3 nitrogen and oxygen atoms in total. The maximum atomic E-state index is 12.6. The quantitative estimate of drug-likeness (QED) is 0.788. The van der Waals surface area contributed by atoms with Gasteiger partial charge in [0.2, 0.25) is 0 Å². The van der Waals surface area contributed by atoms with Gasteiger partial charge in [-0.25, -0.2) is 4.98 Å². The van der Waals surface area contributed by atoms with Gasteiger partial charge < -0.3 is 9.30 Å². The lowest BCUT2D eigenvalue weighted by molar-refractivity contribution is -0.141. The van der Waals surface area contributed by atoms with Crippen LogP contribution < -0.4 is 4.74 Å². The van der Waals surface area contributed by atoms with Gasteiger partial charge in [0.05, 0.1) is 30.4 Å². The summed E-state index contributed by atoms with van der Waals surface area (Å²) in [5, 5.41) is 0. The average molecular weight is 307 g/mol. The van der Waals surface area contributed by atoms with Gasteiger partial charge in [0.15, 0.2) is 0 Å². The molecule has 0 aliphatic heterocycles. The van der Waals surface area contributed by atoms with Crippen molar-refractivity contribution in [3.05, 3.63) is 24.0 Å². The molecular formula is C13H14ClF3N2O. The monoisotopic (exact) mass is 306 g/mol. The molecule has 110 valence electrons. The van der Waals surface area contributed by atoms with Crippen molar-refractivity contribution in [3.8, 4) is 5.75 Å². The minimum absolute atomic E-state index is 0.0548. The van der Waals surface area contributed by atoms with E-state index < -0.39 is 18.6 Å². The summed E-state index contributed by atoms with van der Waals surface area (Å²) >= 11 is 5.80. The zero-order chi connectivity index (χ0) is 14.9. The molecule has 2 rings (SSSR count). The summed E-state index contributed by atoms with van der Waals surface area (Å²) in [7, 11) is 1.52. The summed E-state index contributed by atoms with van der Waals surface area (Å²) < 4.78 is 44.3. The van der Waals surface area contributed by atoms with Crippen LogP contribution in [0.15, 0.2) is 18.2 Å². The summed E-state index contributed by atoms with van der Waals surface area (Å²) in [5.74, 6) is 1.08. The smallest absolute Gasteiger partial charge is 0.391 e. The van der Waals surface area contributed by atoms with Crippen LogP contribution in [-0.2, 0) is 5.88 Å². The Hall–Kier alpha value is -1.43. The molecule has 0 spiro atoms. The number of methoxy groups -OCH3 is 1. The molecule has 1 aromatic heterocycles. The van der Waals surface area contributed by atoms with E-state index in [9.17, 15) is 13.2 Å². The molecule has 1 heterocycles. The fourth-order valence-corrected chi connectivity index (χ4v) is 2.46. The van der Waals surface area contributed by atoms with Crippen LogP contribution in [0, 0.1) is 0 Å². The first-order valence-electron chi connectivity index (χ1n) is 6.03. The summed E-state index contributed by atoms with van der Waals surface area (Å²) in [6.07, 6.45) is -5.15. The molecule has 1 aromatic carbocycles. The predicted molar refractivity (Wildman–Crippen MR) is 71.2 cm³/mol. The summed E-state index contributed by atoms with van der Waals surface area (Å²) in [6, 6.07) is 4.31. The van der Waals surface area contributed by atoms with E-state index in [2.05, 4.69) is 4.98 Å². The Morgan fingerprint density at radius 1 is 1.40 bits per heavy atom. The number of hydrogen-bond donors (Lipinski definition) is 0. The van der Waals surface area contributed by atoms with E-state index in [-0.39, 0.29) is 5.88 Å². The summed E-state index contributed by atoms with van der Waals surface area (Å²) in [4.78, 5) is 4.27. The lowest BCUT2D eigenvalue weighted by atomic mass is 10.2. The SMILES string of the molecule is COc1ccc2c(c1)nc(CCl)n2C(C)CC(F)(F)F. The Morgan fingerprint density at radius 2 is 2.10 bits per heavy atom. The Labute approximate surface area is 119 Å². The molecule has 1 unspecified atom stereocenters. The van der Waals surface area contributed by atoms with Crippen molar-refractivity contribution in [3.63, 3.8) is 0 Å². The number of nitrogens with zero attached hydrogens (tertiary/aromatic N) is 2. The van der Waals surface area contributed by atoms with Gasteiger partial charge in [0, 0.05) is 12.1 Å². The number of alkyl halides is 4. The van der Waals surface area contributed by atoms with Gasteiger partial charge in [-0.15, -0.1) is 11.6 Å². The van der Waals surface area contributed by atoms with Gasteiger partial charge in [0.25, 0.3) is 0 Å². The van der Waals surface area contributed by atoms with Gasteiger partial charge in [0.1, 0.15) is 11.6 Å². The van der Waals surface area contributed by atoms with Crippen LogP contribution in [0.3, 0.4) is 0 Å². The van der Waals surface area contributed by atoms with Crippen molar-refractivity contribution in [1.29, 1.82) is 0 Å². The molecule has 2 aromatic rings. The Bertz CT molecular complexity index is 609. The topological polar surface area (TPSA) is 27.1 Å². The van der Waals surface area contributed by atoms with Crippen LogP contribution in [0.2, 0.25) is 0 Å². The van der Waals surface area contributed by atoms with Gasteiger partial charge in [-0.3, -0.25) is 0 Å². The third-order valence-electron chi connectivity index (χ3n) is 3.06. The first-order chi connectivity index (χ1) is 9.35. The molecule has 20 heavy (non-hydrogen) atoms.